The number of aromatic amines is 1. The molecule has 112 valence electrons. The zero-order chi connectivity index (χ0) is 15.6. The summed E-state index contributed by atoms with van der Waals surface area (Å²) in [5.74, 6) is 0. The van der Waals surface area contributed by atoms with Gasteiger partial charge in [0.25, 0.3) is 5.56 Å². The third-order valence-corrected chi connectivity index (χ3v) is 4.21. The molecule has 0 saturated heterocycles. The van der Waals surface area contributed by atoms with Crippen LogP contribution in [0.25, 0.3) is 11.2 Å². The molecule has 0 aliphatic rings. The lowest BCUT2D eigenvalue weighted by molar-refractivity contribution is 0.742. The van der Waals surface area contributed by atoms with Gasteiger partial charge in [-0.05, 0) is 13.8 Å². The van der Waals surface area contributed by atoms with Crippen molar-refractivity contribution in [2.75, 3.05) is 0 Å². The van der Waals surface area contributed by atoms with Crippen LogP contribution < -0.4 is 11.2 Å². The van der Waals surface area contributed by atoms with Gasteiger partial charge in [0.1, 0.15) is 0 Å². The molecule has 0 saturated carbocycles. The van der Waals surface area contributed by atoms with Crippen LogP contribution >= 0.6 is 11.8 Å². The first-order valence-electron chi connectivity index (χ1n) is 6.59. The quantitative estimate of drug-likeness (QED) is 0.673. The summed E-state index contributed by atoms with van der Waals surface area (Å²) in [6.07, 6.45) is 5.66. The molecule has 0 amide bonds. The van der Waals surface area contributed by atoms with Crippen molar-refractivity contribution in [2.45, 2.75) is 30.8 Å². The highest BCUT2D eigenvalue weighted by atomic mass is 32.2. The normalized spacial score (nSPS) is 13.1. The zero-order valence-corrected chi connectivity index (χ0v) is 13.1. The number of imidazole rings is 1. The second-order valence-corrected chi connectivity index (χ2v) is 5.97. The number of thioether (sulfide) groups is 1. The second-order valence-electron chi connectivity index (χ2n) is 4.62. The van der Waals surface area contributed by atoms with Gasteiger partial charge in [-0.15, -0.1) is 6.58 Å². The van der Waals surface area contributed by atoms with Crippen LogP contribution in [0, 0.1) is 0 Å². The molecule has 0 aliphatic heterocycles. The Morgan fingerprint density at radius 1 is 1.48 bits per heavy atom. The van der Waals surface area contributed by atoms with E-state index in [0.717, 1.165) is 0 Å². The topological polar surface area (TPSA) is 72.7 Å². The van der Waals surface area contributed by atoms with Gasteiger partial charge in [-0.1, -0.05) is 30.0 Å². The third kappa shape index (κ3) is 2.87. The maximum absolute atomic E-state index is 12.1. The molecule has 1 N–H and O–H groups in total. The first kappa shape index (κ1) is 15.4. The van der Waals surface area contributed by atoms with Crippen molar-refractivity contribution >= 4 is 22.9 Å². The number of H-pyrrole nitrogens is 1. The molecule has 7 heteroatoms. The Morgan fingerprint density at radius 2 is 2.19 bits per heavy atom. The number of aromatic nitrogens is 4. The molecule has 2 aromatic heterocycles. The van der Waals surface area contributed by atoms with Crippen LogP contribution in [0.4, 0.5) is 0 Å². The minimum Gasteiger partial charge on any atom is -0.309 e. The van der Waals surface area contributed by atoms with Gasteiger partial charge < -0.3 is 4.57 Å². The molecule has 0 aromatic carbocycles. The monoisotopic (exact) mass is 306 g/mol. The standard InChI is InChI=1S/C14H18N4O2S/c1-5-7-8-18-10-11(15-14(18)21-9(3)6-2)17(4)13(20)16-12(10)19/h5-7,9H,2,8H2,1,3-4H3,(H,16,19,20)/b7-5+. The summed E-state index contributed by atoms with van der Waals surface area (Å²) in [6, 6.07) is 0. The van der Waals surface area contributed by atoms with Crippen molar-refractivity contribution in [3.63, 3.8) is 0 Å². The van der Waals surface area contributed by atoms with Gasteiger partial charge in [0.2, 0.25) is 0 Å². The Balaban J connectivity index is 2.75. The van der Waals surface area contributed by atoms with Crippen LogP contribution in [0.2, 0.25) is 0 Å². The van der Waals surface area contributed by atoms with Gasteiger partial charge in [-0.2, -0.15) is 0 Å². The number of hydrogen-bond donors (Lipinski definition) is 1. The van der Waals surface area contributed by atoms with E-state index in [0.29, 0.717) is 22.9 Å². The predicted octanol–water partition coefficient (Wildman–Crippen LogP) is 1.67. The molecule has 0 fully saturated rings. The average Bonchev–Trinajstić information content (AvgIpc) is 2.81. The lowest BCUT2D eigenvalue weighted by atomic mass is 10.4. The zero-order valence-electron chi connectivity index (χ0n) is 12.3. The van der Waals surface area contributed by atoms with Gasteiger partial charge in [0.05, 0.1) is 0 Å². The summed E-state index contributed by atoms with van der Waals surface area (Å²) in [5.41, 5.74) is -0.0688. The summed E-state index contributed by atoms with van der Waals surface area (Å²) in [7, 11) is 1.60. The van der Waals surface area contributed by atoms with Crippen molar-refractivity contribution < 1.29 is 0 Å². The molecule has 2 heterocycles. The summed E-state index contributed by atoms with van der Waals surface area (Å²) >= 11 is 1.50. The predicted molar refractivity (Wildman–Crippen MR) is 85.9 cm³/mol. The lowest BCUT2D eigenvalue weighted by Crippen LogP contribution is -2.29. The van der Waals surface area contributed by atoms with E-state index in [2.05, 4.69) is 16.5 Å². The molecule has 0 spiro atoms. The van der Waals surface area contributed by atoms with E-state index < -0.39 is 11.2 Å². The first-order valence-corrected chi connectivity index (χ1v) is 7.47. The van der Waals surface area contributed by atoms with Gasteiger partial charge >= 0.3 is 5.69 Å². The number of allylic oxidation sites excluding steroid dienone is 2. The van der Waals surface area contributed by atoms with Crippen LogP contribution in [0.3, 0.4) is 0 Å². The highest BCUT2D eigenvalue weighted by Gasteiger charge is 2.17. The van der Waals surface area contributed by atoms with Crippen molar-refractivity contribution in [3.05, 3.63) is 45.6 Å². The minimum atomic E-state index is -0.462. The molecule has 0 radical (unpaired) electrons. The van der Waals surface area contributed by atoms with E-state index in [1.165, 1.54) is 16.3 Å². The molecule has 2 rings (SSSR count). The van der Waals surface area contributed by atoms with Crippen molar-refractivity contribution in [1.29, 1.82) is 0 Å². The van der Waals surface area contributed by atoms with Crippen LogP contribution in [-0.4, -0.2) is 24.4 Å². The molecule has 21 heavy (non-hydrogen) atoms. The van der Waals surface area contributed by atoms with Gasteiger partial charge in [0, 0.05) is 18.8 Å². The Morgan fingerprint density at radius 3 is 2.81 bits per heavy atom. The Labute approximate surface area is 126 Å². The minimum absolute atomic E-state index is 0.155. The van der Waals surface area contributed by atoms with Crippen LogP contribution in [0.5, 0.6) is 0 Å². The molecule has 6 nitrogen and oxygen atoms in total. The van der Waals surface area contributed by atoms with E-state index in [4.69, 9.17) is 0 Å². The number of rotatable bonds is 5. The van der Waals surface area contributed by atoms with Gasteiger partial charge in [0.15, 0.2) is 16.3 Å². The largest absolute Gasteiger partial charge is 0.329 e. The van der Waals surface area contributed by atoms with Gasteiger partial charge in [-0.25, -0.2) is 9.78 Å². The van der Waals surface area contributed by atoms with Crippen LogP contribution in [-0.2, 0) is 13.6 Å². The Bertz CT molecular complexity index is 813. The van der Waals surface area contributed by atoms with Crippen molar-refractivity contribution in [1.82, 2.24) is 19.1 Å². The number of hydrogen-bond acceptors (Lipinski definition) is 4. The molecule has 1 atom stereocenters. The number of fused-ring (bicyclic) bond motifs is 1. The molecule has 2 aromatic rings. The summed E-state index contributed by atoms with van der Waals surface area (Å²) < 4.78 is 3.17. The number of nitrogens with one attached hydrogen (secondary N) is 1. The molecule has 1 unspecified atom stereocenters. The van der Waals surface area contributed by atoms with Crippen molar-refractivity contribution in [2.24, 2.45) is 7.05 Å². The fourth-order valence-electron chi connectivity index (χ4n) is 1.90. The summed E-state index contributed by atoms with van der Waals surface area (Å²) in [4.78, 5) is 30.6. The van der Waals surface area contributed by atoms with E-state index in [-0.39, 0.29) is 5.25 Å². The molecule has 0 aliphatic carbocycles. The number of nitrogens with zero attached hydrogens (tertiary/aromatic N) is 3. The number of aryl methyl sites for hydroxylation is 1. The molecular formula is C14H18N4O2S. The van der Waals surface area contributed by atoms with E-state index in [1.54, 1.807) is 7.05 Å². The lowest BCUT2D eigenvalue weighted by Gasteiger charge is -2.07. The molecular weight excluding hydrogens is 288 g/mol. The second kappa shape index (κ2) is 6.17. The average molecular weight is 306 g/mol. The Kier molecular flexibility index (Phi) is 4.52. The van der Waals surface area contributed by atoms with E-state index >= 15 is 0 Å². The first-order chi connectivity index (χ1) is 9.99. The smallest absolute Gasteiger partial charge is 0.309 e. The van der Waals surface area contributed by atoms with Crippen LogP contribution in [0.1, 0.15) is 13.8 Å². The molecule has 0 bridgehead atoms. The van der Waals surface area contributed by atoms with Crippen molar-refractivity contribution in [3.8, 4) is 0 Å². The fourth-order valence-corrected chi connectivity index (χ4v) is 2.76. The van der Waals surface area contributed by atoms with E-state index in [1.807, 2.05) is 36.6 Å². The highest BCUT2D eigenvalue weighted by Crippen LogP contribution is 2.25. The Hall–Kier alpha value is -2.02. The fraction of sp³-hybridized carbons (Fsp3) is 0.357. The third-order valence-electron chi connectivity index (χ3n) is 3.12. The van der Waals surface area contributed by atoms with Gasteiger partial charge in [-0.3, -0.25) is 14.3 Å². The summed E-state index contributed by atoms with van der Waals surface area (Å²) in [5, 5.41) is 0.851. The highest BCUT2D eigenvalue weighted by molar-refractivity contribution is 7.99. The summed E-state index contributed by atoms with van der Waals surface area (Å²) in [6.45, 7) is 8.20. The van der Waals surface area contributed by atoms with Crippen LogP contribution in [0.15, 0.2) is 39.6 Å². The SMILES string of the molecule is C=CC(C)Sc1nc2c(c(=O)[nH]c(=O)n2C)n1C/C=C/C. The maximum Gasteiger partial charge on any atom is 0.329 e. The maximum atomic E-state index is 12.1. The van der Waals surface area contributed by atoms with E-state index in [9.17, 15) is 9.59 Å².